The van der Waals surface area contributed by atoms with Gasteiger partial charge in [-0.1, -0.05) is 23.1 Å². The van der Waals surface area contributed by atoms with Crippen LogP contribution in [0.1, 0.15) is 25.5 Å². The van der Waals surface area contributed by atoms with Gasteiger partial charge in [0.25, 0.3) is 0 Å². The second-order valence-electron chi connectivity index (χ2n) is 6.62. The van der Waals surface area contributed by atoms with E-state index in [0.29, 0.717) is 12.7 Å². The van der Waals surface area contributed by atoms with E-state index in [9.17, 15) is 0 Å². The van der Waals surface area contributed by atoms with Crippen LogP contribution in [0.2, 0.25) is 0 Å². The average molecular weight is 465 g/mol. The highest BCUT2D eigenvalue weighted by molar-refractivity contribution is 8.00. The Labute approximate surface area is 188 Å². The number of aromatic nitrogens is 3. The van der Waals surface area contributed by atoms with E-state index in [0.717, 1.165) is 69.0 Å². The first-order valence-corrected chi connectivity index (χ1v) is 12.5. The van der Waals surface area contributed by atoms with Crippen LogP contribution in [-0.2, 0) is 10.5 Å². The number of nitrogens with one attached hydrogen (secondary N) is 1. The Morgan fingerprint density at radius 2 is 2.23 bits per heavy atom. The Bertz CT molecular complexity index is 956. The van der Waals surface area contributed by atoms with Crippen molar-refractivity contribution in [2.45, 2.75) is 36.0 Å². The smallest absolute Gasteiger partial charge is 0.206 e. The van der Waals surface area contributed by atoms with E-state index < -0.39 is 0 Å². The number of hydrogen-bond acceptors (Lipinski definition) is 10. The maximum absolute atomic E-state index is 5.63. The maximum atomic E-state index is 5.63. The molecule has 0 saturated carbocycles. The van der Waals surface area contributed by atoms with E-state index in [4.69, 9.17) is 19.2 Å². The van der Waals surface area contributed by atoms with Crippen molar-refractivity contribution in [2.75, 3.05) is 32.2 Å². The van der Waals surface area contributed by atoms with Gasteiger partial charge in [0.15, 0.2) is 15.8 Å². The van der Waals surface area contributed by atoms with Gasteiger partial charge in [0, 0.05) is 29.8 Å². The maximum Gasteiger partial charge on any atom is 0.206 e. The molecule has 0 amide bonds. The third-order valence-electron chi connectivity index (χ3n) is 4.52. The summed E-state index contributed by atoms with van der Waals surface area (Å²) in [6.07, 6.45) is 2.54. The number of thiazole rings is 1. The van der Waals surface area contributed by atoms with Crippen LogP contribution in [0.5, 0.6) is 11.5 Å². The van der Waals surface area contributed by atoms with Gasteiger partial charge in [-0.3, -0.25) is 0 Å². The van der Waals surface area contributed by atoms with Crippen molar-refractivity contribution >= 4 is 39.6 Å². The van der Waals surface area contributed by atoms with Crippen LogP contribution in [0.25, 0.3) is 10.6 Å². The number of rotatable bonds is 10. The normalized spacial score (nSPS) is 16.0. The van der Waals surface area contributed by atoms with Gasteiger partial charge >= 0.3 is 0 Å². The molecule has 1 fully saturated rings. The molecular formula is C20H24N4O3S3. The SMILES string of the molecule is CCOc1ccc(-c2nc(CSc3nnc(NCC4CCCO4)s3)cs2)cc1OC. The summed E-state index contributed by atoms with van der Waals surface area (Å²) in [7, 11) is 1.65. The molecule has 1 aromatic carbocycles. The molecular weight excluding hydrogens is 440 g/mol. The van der Waals surface area contributed by atoms with E-state index >= 15 is 0 Å². The van der Waals surface area contributed by atoms with Crippen molar-refractivity contribution in [3.05, 3.63) is 29.3 Å². The van der Waals surface area contributed by atoms with E-state index in [2.05, 4.69) is 20.9 Å². The molecule has 0 aliphatic carbocycles. The summed E-state index contributed by atoms with van der Waals surface area (Å²) < 4.78 is 17.6. The predicted molar refractivity (Wildman–Crippen MR) is 122 cm³/mol. The summed E-state index contributed by atoms with van der Waals surface area (Å²) in [6, 6.07) is 5.91. The van der Waals surface area contributed by atoms with E-state index in [1.807, 2.05) is 25.1 Å². The number of benzene rings is 1. The molecule has 1 unspecified atom stereocenters. The summed E-state index contributed by atoms with van der Waals surface area (Å²) >= 11 is 4.84. The Kier molecular flexibility index (Phi) is 7.42. The first-order chi connectivity index (χ1) is 14.7. The van der Waals surface area contributed by atoms with Gasteiger partial charge in [0.05, 0.1) is 25.5 Å². The number of methoxy groups -OCH3 is 1. The zero-order valence-corrected chi connectivity index (χ0v) is 19.4. The molecule has 7 nitrogen and oxygen atoms in total. The first-order valence-electron chi connectivity index (χ1n) is 9.82. The highest BCUT2D eigenvalue weighted by atomic mass is 32.2. The Balaban J connectivity index is 1.32. The molecule has 1 aliphatic heterocycles. The van der Waals surface area contributed by atoms with Gasteiger partial charge in [-0.15, -0.1) is 21.5 Å². The Morgan fingerprint density at radius 3 is 3.03 bits per heavy atom. The Hall–Kier alpha value is -1.88. The number of thioether (sulfide) groups is 1. The molecule has 0 bridgehead atoms. The summed E-state index contributed by atoms with van der Waals surface area (Å²) in [5.74, 6) is 2.22. The standard InChI is InChI=1S/C20H24N4O3S3/c1-3-26-16-7-6-13(9-17(16)25-2)18-22-14(11-28-18)12-29-20-24-23-19(30-20)21-10-15-5-4-8-27-15/h6-7,9,11,15H,3-5,8,10,12H2,1-2H3,(H,21,23). The van der Waals surface area contributed by atoms with Gasteiger partial charge in [-0.25, -0.2) is 4.98 Å². The fourth-order valence-electron chi connectivity index (χ4n) is 3.06. The van der Waals surface area contributed by atoms with Crippen LogP contribution in [0.4, 0.5) is 5.13 Å². The van der Waals surface area contributed by atoms with Crippen molar-refractivity contribution in [2.24, 2.45) is 0 Å². The zero-order chi connectivity index (χ0) is 20.8. The van der Waals surface area contributed by atoms with Crippen LogP contribution in [-0.4, -0.2) is 48.2 Å². The van der Waals surface area contributed by atoms with Crippen LogP contribution in [0, 0.1) is 0 Å². The third kappa shape index (κ3) is 5.42. The van der Waals surface area contributed by atoms with Crippen molar-refractivity contribution in [1.29, 1.82) is 0 Å². The second kappa shape index (κ2) is 10.4. The highest BCUT2D eigenvalue weighted by Gasteiger charge is 2.16. The van der Waals surface area contributed by atoms with Crippen LogP contribution in [0.3, 0.4) is 0 Å². The molecule has 4 rings (SSSR count). The molecule has 1 atom stereocenters. The number of hydrogen-bond donors (Lipinski definition) is 1. The van der Waals surface area contributed by atoms with Crippen LogP contribution < -0.4 is 14.8 Å². The Morgan fingerprint density at radius 1 is 1.30 bits per heavy atom. The molecule has 30 heavy (non-hydrogen) atoms. The third-order valence-corrected chi connectivity index (χ3v) is 7.51. The number of anilines is 1. The monoisotopic (exact) mass is 464 g/mol. The van der Waals surface area contributed by atoms with Crippen molar-refractivity contribution in [1.82, 2.24) is 15.2 Å². The summed E-state index contributed by atoms with van der Waals surface area (Å²) in [5.41, 5.74) is 2.05. The summed E-state index contributed by atoms with van der Waals surface area (Å²) in [6.45, 7) is 4.22. The van der Waals surface area contributed by atoms with Gasteiger partial charge in [0.2, 0.25) is 5.13 Å². The lowest BCUT2D eigenvalue weighted by Crippen LogP contribution is -2.18. The molecule has 1 aliphatic rings. The lowest BCUT2D eigenvalue weighted by molar-refractivity contribution is 0.120. The van der Waals surface area contributed by atoms with Crippen molar-refractivity contribution < 1.29 is 14.2 Å². The molecule has 2 aromatic heterocycles. The molecule has 10 heteroatoms. The van der Waals surface area contributed by atoms with Crippen LogP contribution in [0.15, 0.2) is 27.9 Å². The minimum atomic E-state index is 0.291. The fourth-order valence-corrected chi connectivity index (χ4v) is 5.64. The van der Waals surface area contributed by atoms with Gasteiger partial charge in [-0.05, 0) is 38.0 Å². The molecule has 1 N–H and O–H groups in total. The minimum absolute atomic E-state index is 0.291. The van der Waals surface area contributed by atoms with Gasteiger partial charge < -0.3 is 19.5 Å². The van der Waals surface area contributed by atoms with Crippen molar-refractivity contribution in [3.8, 4) is 22.1 Å². The molecule has 160 valence electrons. The largest absolute Gasteiger partial charge is 0.493 e. The van der Waals surface area contributed by atoms with E-state index in [1.165, 1.54) is 0 Å². The first kappa shape index (κ1) is 21.4. The molecule has 1 saturated heterocycles. The molecule has 0 spiro atoms. The lowest BCUT2D eigenvalue weighted by atomic mass is 10.2. The quantitative estimate of drug-likeness (QED) is 0.422. The molecule has 3 heterocycles. The predicted octanol–water partition coefficient (Wildman–Crippen LogP) is 4.95. The van der Waals surface area contributed by atoms with Crippen molar-refractivity contribution in [3.63, 3.8) is 0 Å². The van der Waals surface area contributed by atoms with Gasteiger partial charge in [-0.2, -0.15) is 0 Å². The lowest BCUT2D eigenvalue weighted by Gasteiger charge is -2.09. The molecule has 0 radical (unpaired) electrons. The second-order valence-corrected chi connectivity index (χ2v) is 9.68. The highest BCUT2D eigenvalue weighted by Crippen LogP contribution is 2.35. The average Bonchev–Trinajstić information content (AvgIpc) is 3.53. The molecule has 3 aromatic rings. The summed E-state index contributed by atoms with van der Waals surface area (Å²) in [4.78, 5) is 4.77. The number of ether oxygens (including phenoxy) is 3. The van der Waals surface area contributed by atoms with Gasteiger partial charge in [0.1, 0.15) is 5.01 Å². The van der Waals surface area contributed by atoms with Crippen LogP contribution >= 0.6 is 34.4 Å². The fraction of sp³-hybridized carbons (Fsp3) is 0.450. The number of nitrogens with zero attached hydrogens (tertiary/aromatic N) is 3. The topological polar surface area (TPSA) is 78.4 Å². The zero-order valence-electron chi connectivity index (χ0n) is 16.9. The summed E-state index contributed by atoms with van der Waals surface area (Å²) in [5, 5.41) is 15.7. The van der Waals surface area contributed by atoms with E-state index in [1.54, 1.807) is 41.5 Å². The van der Waals surface area contributed by atoms with E-state index in [-0.39, 0.29) is 0 Å². The minimum Gasteiger partial charge on any atom is -0.493 e.